The summed E-state index contributed by atoms with van der Waals surface area (Å²) in [6.07, 6.45) is 2.35. The molecule has 0 aliphatic heterocycles. The smallest absolute Gasteiger partial charge is 0.243 e. The van der Waals surface area contributed by atoms with Crippen LogP contribution in [0.2, 0.25) is 0 Å². The summed E-state index contributed by atoms with van der Waals surface area (Å²) in [5, 5.41) is 3.98. The highest BCUT2D eigenvalue weighted by atomic mass is 19.1. The molecule has 1 fully saturated rings. The second-order valence-corrected chi connectivity index (χ2v) is 5.51. The second kappa shape index (κ2) is 6.60. The van der Waals surface area contributed by atoms with Gasteiger partial charge >= 0.3 is 0 Å². The van der Waals surface area contributed by atoms with Crippen LogP contribution in [-0.2, 0) is 4.79 Å². The summed E-state index contributed by atoms with van der Waals surface area (Å²) < 4.78 is 18.0. The van der Waals surface area contributed by atoms with Gasteiger partial charge in [0.1, 0.15) is 11.6 Å². The molecule has 118 valence electrons. The number of carbonyl (C=O) groups is 1. The second-order valence-electron chi connectivity index (χ2n) is 5.51. The van der Waals surface area contributed by atoms with E-state index in [2.05, 4.69) is 10.5 Å². The van der Waals surface area contributed by atoms with E-state index in [9.17, 15) is 9.18 Å². The number of amides is 1. The Labute approximate surface area is 134 Å². The molecule has 1 saturated carbocycles. The number of rotatable bonds is 5. The van der Waals surface area contributed by atoms with Crippen molar-refractivity contribution in [3.05, 3.63) is 65.5 Å². The molecule has 5 heteroatoms. The van der Waals surface area contributed by atoms with E-state index in [1.54, 1.807) is 25.5 Å². The third-order valence-electron chi connectivity index (χ3n) is 3.91. The Morgan fingerprint density at radius 2 is 2.09 bits per heavy atom. The Morgan fingerprint density at radius 3 is 2.83 bits per heavy atom. The number of hydrazone groups is 1. The van der Waals surface area contributed by atoms with Crippen molar-refractivity contribution in [1.29, 1.82) is 0 Å². The highest BCUT2D eigenvalue weighted by molar-refractivity contribution is 5.85. The highest BCUT2D eigenvalue weighted by Crippen LogP contribution is 2.47. The lowest BCUT2D eigenvalue weighted by Gasteiger charge is -2.01. The van der Waals surface area contributed by atoms with Gasteiger partial charge in [-0.25, -0.2) is 9.82 Å². The Hall–Kier alpha value is -2.69. The molecule has 3 rings (SSSR count). The predicted molar refractivity (Wildman–Crippen MR) is 86.0 cm³/mol. The molecule has 0 saturated heterocycles. The molecule has 0 heterocycles. The van der Waals surface area contributed by atoms with Crippen molar-refractivity contribution in [3.63, 3.8) is 0 Å². The summed E-state index contributed by atoms with van der Waals surface area (Å²) in [5.74, 6) is 0.418. The minimum Gasteiger partial charge on any atom is -0.497 e. The van der Waals surface area contributed by atoms with E-state index in [4.69, 9.17) is 4.74 Å². The molecule has 23 heavy (non-hydrogen) atoms. The molecule has 1 aliphatic rings. The summed E-state index contributed by atoms with van der Waals surface area (Å²) in [5.41, 5.74) is 4.39. The van der Waals surface area contributed by atoms with E-state index in [-0.39, 0.29) is 23.6 Å². The van der Waals surface area contributed by atoms with E-state index >= 15 is 0 Å². The number of ether oxygens (including phenoxy) is 1. The SMILES string of the molecule is COc1cccc(/C=N/NC(=O)C2CC2c2ccc(F)cc2)c1. The lowest BCUT2D eigenvalue weighted by Crippen LogP contribution is -2.20. The molecule has 0 aromatic heterocycles. The van der Waals surface area contributed by atoms with Crippen LogP contribution in [-0.4, -0.2) is 19.2 Å². The zero-order chi connectivity index (χ0) is 16.2. The average Bonchev–Trinajstić information content (AvgIpc) is 3.36. The molecule has 1 N–H and O–H groups in total. The van der Waals surface area contributed by atoms with Gasteiger partial charge in [0.15, 0.2) is 0 Å². The minimum absolute atomic E-state index is 0.0945. The molecule has 2 atom stereocenters. The van der Waals surface area contributed by atoms with Crippen molar-refractivity contribution < 1.29 is 13.9 Å². The van der Waals surface area contributed by atoms with Crippen LogP contribution in [0, 0.1) is 11.7 Å². The third-order valence-corrected chi connectivity index (χ3v) is 3.91. The maximum Gasteiger partial charge on any atom is 0.243 e. The quantitative estimate of drug-likeness (QED) is 0.681. The molecule has 0 radical (unpaired) electrons. The summed E-state index contributed by atoms with van der Waals surface area (Å²) >= 11 is 0. The number of carbonyl (C=O) groups excluding carboxylic acids is 1. The normalized spacial score (nSPS) is 19.6. The number of nitrogens with zero attached hydrogens (tertiary/aromatic N) is 1. The molecule has 4 nitrogen and oxygen atoms in total. The van der Waals surface area contributed by atoms with Crippen LogP contribution < -0.4 is 10.2 Å². The summed E-state index contributed by atoms with van der Waals surface area (Å²) in [7, 11) is 1.60. The fraction of sp³-hybridized carbons (Fsp3) is 0.222. The van der Waals surface area contributed by atoms with E-state index in [0.29, 0.717) is 0 Å². The van der Waals surface area contributed by atoms with Crippen LogP contribution in [0.4, 0.5) is 4.39 Å². The molecular formula is C18H17FN2O2. The Kier molecular flexibility index (Phi) is 4.37. The van der Waals surface area contributed by atoms with Gasteiger partial charge in [-0.3, -0.25) is 4.79 Å². The van der Waals surface area contributed by atoms with Crippen molar-refractivity contribution in [2.24, 2.45) is 11.0 Å². The van der Waals surface area contributed by atoms with Crippen LogP contribution in [0.25, 0.3) is 0 Å². The fourth-order valence-corrected chi connectivity index (χ4v) is 2.54. The van der Waals surface area contributed by atoms with E-state index < -0.39 is 0 Å². The number of methoxy groups -OCH3 is 1. The zero-order valence-electron chi connectivity index (χ0n) is 12.7. The van der Waals surface area contributed by atoms with Gasteiger partial charge in [0.25, 0.3) is 0 Å². The van der Waals surface area contributed by atoms with Gasteiger partial charge in [-0.1, -0.05) is 24.3 Å². The summed E-state index contributed by atoms with van der Waals surface area (Å²) in [6.45, 7) is 0. The van der Waals surface area contributed by atoms with Crippen LogP contribution in [0.1, 0.15) is 23.5 Å². The first-order valence-electron chi connectivity index (χ1n) is 7.40. The number of hydrogen-bond acceptors (Lipinski definition) is 3. The van der Waals surface area contributed by atoms with Crippen molar-refractivity contribution >= 4 is 12.1 Å². The van der Waals surface area contributed by atoms with Crippen LogP contribution >= 0.6 is 0 Å². The van der Waals surface area contributed by atoms with Crippen molar-refractivity contribution in [3.8, 4) is 5.75 Å². The first-order chi connectivity index (χ1) is 11.2. The fourth-order valence-electron chi connectivity index (χ4n) is 2.54. The third kappa shape index (κ3) is 3.74. The highest BCUT2D eigenvalue weighted by Gasteiger charge is 2.43. The van der Waals surface area contributed by atoms with Crippen molar-refractivity contribution in [2.45, 2.75) is 12.3 Å². The molecule has 2 aromatic rings. The lowest BCUT2D eigenvalue weighted by atomic mass is 10.1. The minimum atomic E-state index is -0.265. The average molecular weight is 312 g/mol. The molecule has 2 unspecified atom stereocenters. The number of nitrogens with one attached hydrogen (secondary N) is 1. The standard InChI is InChI=1S/C18H17FN2O2/c1-23-15-4-2-3-12(9-15)11-20-21-18(22)17-10-16(17)13-5-7-14(19)8-6-13/h2-9,11,16-17H,10H2,1H3,(H,21,22)/b20-11+. The summed E-state index contributed by atoms with van der Waals surface area (Å²) in [4.78, 5) is 12.0. The van der Waals surface area contributed by atoms with Gasteiger partial charge in [-0.2, -0.15) is 5.10 Å². The molecule has 0 spiro atoms. The Balaban J connectivity index is 1.54. The lowest BCUT2D eigenvalue weighted by molar-refractivity contribution is -0.122. The Morgan fingerprint density at radius 1 is 1.30 bits per heavy atom. The molecule has 1 amide bonds. The molecule has 0 bridgehead atoms. The monoisotopic (exact) mass is 312 g/mol. The predicted octanol–water partition coefficient (Wildman–Crippen LogP) is 3.09. The number of halogens is 1. The maximum absolute atomic E-state index is 12.9. The van der Waals surface area contributed by atoms with Crippen LogP contribution in [0.15, 0.2) is 53.6 Å². The van der Waals surface area contributed by atoms with E-state index in [1.165, 1.54) is 12.1 Å². The van der Waals surface area contributed by atoms with Crippen molar-refractivity contribution in [2.75, 3.05) is 7.11 Å². The van der Waals surface area contributed by atoms with Crippen LogP contribution in [0.3, 0.4) is 0 Å². The largest absolute Gasteiger partial charge is 0.497 e. The molecule has 2 aromatic carbocycles. The first kappa shape index (κ1) is 15.2. The Bertz CT molecular complexity index is 728. The van der Waals surface area contributed by atoms with Gasteiger partial charge in [0, 0.05) is 5.92 Å². The van der Waals surface area contributed by atoms with Crippen LogP contribution in [0.5, 0.6) is 5.75 Å². The van der Waals surface area contributed by atoms with Gasteiger partial charge in [-0.15, -0.1) is 0 Å². The zero-order valence-corrected chi connectivity index (χ0v) is 12.7. The first-order valence-corrected chi connectivity index (χ1v) is 7.40. The molecule has 1 aliphatic carbocycles. The number of benzene rings is 2. The van der Waals surface area contributed by atoms with E-state index in [0.717, 1.165) is 23.3 Å². The topological polar surface area (TPSA) is 50.7 Å². The van der Waals surface area contributed by atoms with Gasteiger partial charge < -0.3 is 4.74 Å². The summed E-state index contributed by atoms with van der Waals surface area (Å²) in [6, 6.07) is 13.7. The number of hydrogen-bond donors (Lipinski definition) is 1. The van der Waals surface area contributed by atoms with Gasteiger partial charge in [0.2, 0.25) is 5.91 Å². The van der Waals surface area contributed by atoms with Gasteiger partial charge in [0.05, 0.1) is 13.3 Å². The van der Waals surface area contributed by atoms with Gasteiger partial charge in [-0.05, 0) is 47.7 Å². The van der Waals surface area contributed by atoms with E-state index in [1.807, 2.05) is 24.3 Å². The molecular weight excluding hydrogens is 295 g/mol. The maximum atomic E-state index is 12.9. The van der Waals surface area contributed by atoms with Crippen molar-refractivity contribution in [1.82, 2.24) is 5.43 Å².